The summed E-state index contributed by atoms with van der Waals surface area (Å²) in [6.07, 6.45) is 14.2. The topological polar surface area (TPSA) is 195 Å². The number of carbonyl (C=O) groups excluding carboxylic acids is 5. The summed E-state index contributed by atoms with van der Waals surface area (Å²) in [7, 11) is -3.56. The number of rotatable bonds is 15. The summed E-state index contributed by atoms with van der Waals surface area (Å²) in [4.78, 5) is 60.5. The van der Waals surface area contributed by atoms with Crippen LogP contribution in [0.3, 0.4) is 0 Å². The Hall–Kier alpha value is -2.78. The van der Waals surface area contributed by atoms with Gasteiger partial charge in [0, 0.05) is 18.3 Å². The number of esters is 5. The van der Waals surface area contributed by atoms with Gasteiger partial charge in [-0.15, -0.1) is 0 Å². The van der Waals surface area contributed by atoms with Crippen LogP contribution in [0.25, 0.3) is 0 Å². The fourth-order valence-electron chi connectivity index (χ4n) is 13.7. The van der Waals surface area contributed by atoms with Crippen LogP contribution in [-0.2, 0) is 62.0 Å². The molecular weight excluding hydrogens is 881 g/mol. The largest absolute Gasteiger partial charge is 0.462 e. The van der Waals surface area contributed by atoms with E-state index in [9.17, 15) is 37.5 Å². The Morgan fingerprint density at radius 2 is 1.12 bits per heavy atom. The van der Waals surface area contributed by atoms with Crippen molar-refractivity contribution in [2.45, 2.75) is 219 Å². The molecule has 67 heavy (non-hydrogen) atoms. The Morgan fingerprint density at radius 3 is 1.66 bits per heavy atom. The predicted octanol–water partition coefficient (Wildman–Crippen LogP) is 8.57. The molecule has 1 N–H and O–H groups in total. The summed E-state index contributed by atoms with van der Waals surface area (Å²) in [5.41, 5.74) is -2.42. The molecule has 15 heteroatoms. The van der Waals surface area contributed by atoms with Crippen molar-refractivity contribution < 1.29 is 65.4 Å². The minimum atomic E-state index is -3.56. The summed E-state index contributed by atoms with van der Waals surface area (Å²) in [5.74, 6) is 2.50. The molecule has 10 saturated carbocycles. The molecule has 10 bridgehead atoms. The number of carbonyl (C=O) groups is 5. The number of fused-ring (bicyclic) bond motifs is 1. The van der Waals surface area contributed by atoms with Crippen molar-refractivity contribution in [1.29, 1.82) is 0 Å². The van der Waals surface area contributed by atoms with Gasteiger partial charge in [-0.25, -0.2) is 0 Å². The van der Waals surface area contributed by atoms with Crippen molar-refractivity contribution in [3.05, 3.63) is 0 Å². The van der Waals surface area contributed by atoms with Crippen LogP contribution in [0.15, 0.2) is 0 Å². The van der Waals surface area contributed by atoms with E-state index < -0.39 is 55.9 Å². The third-order valence-electron chi connectivity index (χ3n) is 18.5. The van der Waals surface area contributed by atoms with Crippen LogP contribution in [0.5, 0.6) is 0 Å². The second-order valence-electron chi connectivity index (χ2n) is 24.6. The highest BCUT2D eigenvalue weighted by Gasteiger charge is 2.65. The Morgan fingerprint density at radius 1 is 0.627 bits per heavy atom. The first-order valence-electron chi connectivity index (χ1n) is 25.8. The first-order chi connectivity index (χ1) is 31.2. The van der Waals surface area contributed by atoms with E-state index in [4.69, 9.17) is 27.9 Å². The molecule has 1 aliphatic heterocycles. The lowest BCUT2D eigenvalue weighted by Crippen LogP contribution is -2.61. The second-order valence-corrected chi connectivity index (χ2v) is 26.4. The van der Waals surface area contributed by atoms with Crippen molar-refractivity contribution >= 4 is 40.0 Å². The number of aliphatic hydroxyl groups is 1. The molecule has 0 aromatic carbocycles. The summed E-state index contributed by atoms with van der Waals surface area (Å²) in [5, 5.41) is 10.2. The Labute approximate surface area is 399 Å². The molecule has 380 valence electrons. The maximum atomic E-state index is 12.5. The molecule has 0 aromatic rings. The van der Waals surface area contributed by atoms with Crippen molar-refractivity contribution in [2.24, 2.45) is 63.6 Å². The zero-order valence-electron chi connectivity index (χ0n) is 42.2. The number of ether oxygens (including phenoxy) is 5. The van der Waals surface area contributed by atoms with E-state index in [1.807, 2.05) is 41.5 Å². The molecule has 7 unspecified atom stereocenters. The monoisotopic (exact) mass is 963 g/mol. The van der Waals surface area contributed by atoms with E-state index >= 15 is 0 Å². The van der Waals surface area contributed by atoms with Crippen LogP contribution in [0.1, 0.15) is 185 Å². The van der Waals surface area contributed by atoms with Crippen LogP contribution in [0.4, 0.5) is 0 Å². The first-order valence-corrected chi connectivity index (χ1v) is 27.3. The molecule has 10 aliphatic carbocycles. The number of hydrogen-bond donors (Lipinski definition) is 1. The minimum absolute atomic E-state index is 0.00904. The van der Waals surface area contributed by atoms with Gasteiger partial charge in [-0.2, -0.15) is 8.42 Å². The van der Waals surface area contributed by atoms with Gasteiger partial charge in [-0.05, 0) is 180 Å². The minimum Gasteiger partial charge on any atom is -0.462 e. The highest BCUT2D eigenvalue weighted by atomic mass is 32.2. The van der Waals surface area contributed by atoms with E-state index in [-0.39, 0.29) is 72.4 Å². The van der Waals surface area contributed by atoms with Gasteiger partial charge in [0.1, 0.15) is 36.6 Å². The standard InChI is InChI=1S/C19H28O9S.C17H28O2.C16H26O3/c1-4-19(2,3)18(22)26-8-7-25-14(20)5-6-15(21)27-16-11-9-12-13(10-11)29(23,24)28-17(12)16;1-5-16(2,3)15(18)19-17(4)13-7-11-6-12(9-13)10-14(17)8-11;1-4-14(2,3)13(17)19-16-8-11-5-12(9-16)7-15(18,6-11)10-16/h11-13,16-17H,4-10H2,1-3H3;11-14H,5-10H2,1-4H3;11-12,18H,4-10H2,1-3H3. The predicted molar refractivity (Wildman–Crippen MR) is 247 cm³/mol. The maximum Gasteiger partial charge on any atom is 0.312 e. The van der Waals surface area contributed by atoms with Crippen LogP contribution in [0.2, 0.25) is 0 Å². The van der Waals surface area contributed by atoms with Crippen LogP contribution < -0.4 is 0 Å². The lowest BCUT2D eigenvalue weighted by molar-refractivity contribution is -0.225. The van der Waals surface area contributed by atoms with Gasteiger partial charge >= 0.3 is 29.8 Å². The van der Waals surface area contributed by atoms with Gasteiger partial charge in [-0.1, -0.05) is 20.8 Å². The highest BCUT2D eigenvalue weighted by Crippen LogP contribution is 2.61. The maximum absolute atomic E-state index is 12.5. The van der Waals surface area contributed by atoms with Crippen LogP contribution in [0, 0.1) is 63.6 Å². The smallest absolute Gasteiger partial charge is 0.312 e. The summed E-state index contributed by atoms with van der Waals surface area (Å²) >= 11 is 0. The first kappa shape index (κ1) is 52.1. The van der Waals surface area contributed by atoms with Gasteiger partial charge in [0.15, 0.2) is 0 Å². The van der Waals surface area contributed by atoms with Gasteiger partial charge < -0.3 is 28.8 Å². The van der Waals surface area contributed by atoms with E-state index in [1.165, 1.54) is 38.5 Å². The fraction of sp³-hybridized carbons (Fsp3) is 0.904. The van der Waals surface area contributed by atoms with Gasteiger partial charge in [0.25, 0.3) is 10.1 Å². The molecule has 11 fully saturated rings. The normalized spacial score (nSPS) is 38.8. The lowest BCUT2D eigenvalue weighted by atomic mass is 9.50. The molecule has 1 heterocycles. The molecule has 0 amide bonds. The molecule has 0 radical (unpaired) electrons. The molecule has 7 atom stereocenters. The second kappa shape index (κ2) is 19.1. The Balaban J connectivity index is 0.000000154. The molecule has 11 aliphatic rings. The van der Waals surface area contributed by atoms with E-state index in [0.717, 1.165) is 50.4 Å². The molecule has 0 aromatic heterocycles. The third kappa shape index (κ3) is 10.9. The zero-order valence-corrected chi connectivity index (χ0v) is 43.0. The van der Waals surface area contributed by atoms with E-state index in [1.54, 1.807) is 13.8 Å². The fourth-order valence-corrected chi connectivity index (χ4v) is 15.5. The van der Waals surface area contributed by atoms with E-state index in [2.05, 4.69) is 13.8 Å². The summed E-state index contributed by atoms with van der Waals surface area (Å²) in [6.45, 7) is 19.5. The van der Waals surface area contributed by atoms with Crippen molar-refractivity contribution in [2.75, 3.05) is 13.2 Å². The molecular formula is C52H82O14S. The van der Waals surface area contributed by atoms with Crippen molar-refractivity contribution in [1.82, 2.24) is 0 Å². The van der Waals surface area contributed by atoms with Gasteiger partial charge in [0.2, 0.25) is 0 Å². The number of hydrogen-bond acceptors (Lipinski definition) is 14. The lowest BCUT2D eigenvalue weighted by Gasteiger charge is -2.59. The average Bonchev–Trinajstić information content (AvgIpc) is 3.87. The molecule has 14 nitrogen and oxygen atoms in total. The highest BCUT2D eigenvalue weighted by molar-refractivity contribution is 7.87. The SMILES string of the molecule is CCC(C)(C)C(=O)OC1(C)C2CC3CC(C2)CC1C3.CCC(C)(C)C(=O)OC12CC3CC(CC(O)(C3)C1)C2.CCC(C)(C)C(=O)OCCOC(=O)CCC(=O)OC1C2CC3C1OS(=O)(=O)C3C2. The van der Waals surface area contributed by atoms with Gasteiger partial charge in [0.05, 0.1) is 39.9 Å². The van der Waals surface area contributed by atoms with Crippen molar-refractivity contribution in [3.8, 4) is 0 Å². The van der Waals surface area contributed by atoms with Crippen LogP contribution in [-0.4, -0.2) is 90.8 Å². The third-order valence-corrected chi connectivity index (χ3v) is 20.2. The van der Waals surface area contributed by atoms with Crippen molar-refractivity contribution in [3.63, 3.8) is 0 Å². The summed E-state index contributed by atoms with van der Waals surface area (Å²) < 4.78 is 56.5. The van der Waals surface area contributed by atoms with Gasteiger partial charge in [-0.3, -0.25) is 28.2 Å². The zero-order chi connectivity index (χ0) is 49.1. The molecule has 11 rings (SSSR count). The molecule has 0 spiro atoms. The van der Waals surface area contributed by atoms with Crippen LogP contribution >= 0.6 is 0 Å². The Bertz CT molecular complexity index is 1940. The summed E-state index contributed by atoms with van der Waals surface area (Å²) in [6, 6.07) is 0. The Kier molecular flexibility index (Phi) is 14.8. The molecule has 1 saturated heterocycles. The van der Waals surface area contributed by atoms with E-state index in [0.29, 0.717) is 49.4 Å². The quantitative estimate of drug-likeness (QED) is 0.0709. The average molecular weight is 963 g/mol.